The lowest BCUT2D eigenvalue weighted by Crippen LogP contribution is -2.23. The van der Waals surface area contributed by atoms with Gasteiger partial charge in [0.05, 0.1) is 34.0 Å². The summed E-state index contributed by atoms with van der Waals surface area (Å²) in [5.41, 5.74) is 2.65. The number of aryl methyl sites for hydroxylation is 1. The normalized spacial score (nSPS) is 21.7. The van der Waals surface area contributed by atoms with E-state index in [1.165, 1.54) is 16.3 Å². The van der Waals surface area contributed by atoms with Crippen LogP contribution in [0.4, 0.5) is 0 Å². The second kappa shape index (κ2) is 8.11. The summed E-state index contributed by atoms with van der Waals surface area (Å²) in [4.78, 5) is 0. The molecule has 5 nitrogen and oxygen atoms in total. The SMILES string of the molecule is C[C@@]12CC[C@@](CCCc3cccc4ccccc34)(O1)c1c2c(O)n(-c2ccc(C#N)c3ccccc23)c1O. The van der Waals surface area contributed by atoms with Gasteiger partial charge >= 0.3 is 0 Å². The van der Waals surface area contributed by atoms with Crippen molar-refractivity contribution in [1.29, 1.82) is 5.26 Å². The first-order valence-corrected chi connectivity index (χ1v) is 13.2. The third-order valence-electron chi connectivity index (χ3n) is 8.70. The molecule has 2 N–H and O–H groups in total. The average Bonchev–Trinajstić information content (AvgIpc) is 3.52. The Morgan fingerprint density at radius 1 is 0.842 bits per heavy atom. The van der Waals surface area contributed by atoms with Crippen LogP contribution in [0, 0.1) is 11.3 Å². The Hall–Kier alpha value is -4.27. The molecular formula is C33H28N2O3. The van der Waals surface area contributed by atoms with Gasteiger partial charge in [-0.2, -0.15) is 5.26 Å². The molecule has 7 rings (SSSR count). The van der Waals surface area contributed by atoms with Gasteiger partial charge in [-0.3, -0.25) is 4.57 Å². The van der Waals surface area contributed by atoms with Gasteiger partial charge in [0.2, 0.25) is 11.8 Å². The zero-order valence-electron chi connectivity index (χ0n) is 21.2. The van der Waals surface area contributed by atoms with Gasteiger partial charge in [-0.05, 0) is 67.5 Å². The Kier molecular flexibility index (Phi) is 4.89. The van der Waals surface area contributed by atoms with Gasteiger partial charge in [-0.1, -0.05) is 66.7 Å². The zero-order valence-corrected chi connectivity index (χ0v) is 21.2. The van der Waals surface area contributed by atoms with Gasteiger partial charge < -0.3 is 14.9 Å². The van der Waals surface area contributed by atoms with Gasteiger partial charge in [0.25, 0.3) is 0 Å². The Morgan fingerprint density at radius 2 is 1.55 bits per heavy atom. The summed E-state index contributed by atoms with van der Waals surface area (Å²) >= 11 is 0. The highest BCUT2D eigenvalue weighted by molar-refractivity contribution is 5.95. The summed E-state index contributed by atoms with van der Waals surface area (Å²) in [5, 5.41) is 36.9. The number of fused-ring (bicyclic) bond motifs is 7. The molecule has 0 radical (unpaired) electrons. The molecular weight excluding hydrogens is 472 g/mol. The fourth-order valence-electron chi connectivity index (χ4n) is 6.99. The standard InChI is InChI=1S/C33H28N2O3/c1-32-18-19-33(38-32,17-7-11-22-10-6-9-21-8-2-3-12-24(21)22)29-28(32)30(36)35(31(29)37)27-16-15-23(20-34)25-13-4-5-14-26(25)27/h2-6,8-10,12-16,36-37H,7,11,17-19H2,1H3/t32-,33+/m0/s1. The minimum absolute atomic E-state index is 0.0190. The van der Waals surface area contributed by atoms with E-state index >= 15 is 0 Å². The summed E-state index contributed by atoms with van der Waals surface area (Å²) in [5.74, 6) is 0.0476. The van der Waals surface area contributed by atoms with Gasteiger partial charge in [-0.15, -0.1) is 0 Å². The van der Waals surface area contributed by atoms with Crippen LogP contribution in [0.15, 0.2) is 78.9 Å². The van der Waals surface area contributed by atoms with Crippen molar-refractivity contribution in [3.63, 3.8) is 0 Å². The molecule has 0 saturated carbocycles. The summed E-state index contributed by atoms with van der Waals surface area (Å²) in [6, 6.07) is 28.3. The van der Waals surface area contributed by atoms with Crippen LogP contribution in [0.1, 0.15) is 54.9 Å². The van der Waals surface area contributed by atoms with E-state index in [0.717, 1.165) is 48.4 Å². The number of benzene rings is 4. The van der Waals surface area contributed by atoms with Crippen molar-refractivity contribution in [2.45, 2.75) is 50.2 Å². The molecule has 0 amide bonds. The fourth-order valence-corrected chi connectivity index (χ4v) is 6.99. The van der Waals surface area contributed by atoms with Crippen LogP contribution < -0.4 is 0 Å². The number of aromatic nitrogens is 1. The number of hydrogen-bond acceptors (Lipinski definition) is 4. The summed E-state index contributed by atoms with van der Waals surface area (Å²) in [6.45, 7) is 2.02. The van der Waals surface area contributed by atoms with Crippen LogP contribution in [0.5, 0.6) is 11.8 Å². The van der Waals surface area contributed by atoms with Crippen LogP contribution in [0.2, 0.25) is 0 Å². The number of nitriles is 1. The molecule has 4 aromatic carbocycles. The third-order valence-corrected chi connectivity index (χ3v) is 8.70. The molecule has 0 unspecified atom stereocenters. The van der Waals surface area contributed by atoms with E-state index in [9.17, 15) is 15.5 Å². The van der Waals surface area contributed by atoms with Gasteiger partial charge in [0.15, 0.2) is 0 Å². The average molecular weight is 501 g/mol. The first-order chi connectivity index (χ1) is 18.5. The molecule has 1 fully saturated rings. The van der Waals surface area contributed by atoms with Crippen molar-refractivity contribution in [1.82, 2.24) is 4.57 Å². The fraction of sp³-hybridized carbons (Fsp3) is 0.242. The molecule has 5 heteroatoms. The monoisotopic (exact) mass is 500 g/mol. The van der Waals surface area contributed by atoms with Crippen LogP contribution >= 0.6 is 0 Å². The number of hydrogen-bond donors (Lipinski definition) is 2. The lowest BCUT2D eigenvalue weighted by Gasteiger charge is -2.26. The van der Waals surface area contributed by atoms with Crippen LogP contribution in [0.3, 0.4) is 0 Å². The lowest BCUT2D eigenvalue weighted by atomic mass is 9.77. The Balaban J connectivity index is 1.29. The molecule has 1 aromatic heterocycles. The van der Waals surface area contributed by atoms with Gasteiger partial charge in [0.1, 0.15) is 5.60 Å². The quantitative estimate of drug-likeness (QED) is 0.265. The van der Waals surface area contributed by atoms with E-state index in [0.29, 0.717) is 16.8 Å². The van der Waals surface area contributed by atoms with E-state index in [-0.39, 0.29) is 11.8 Å². The van der Waals surface area contributed by atoms with Gasteiger partial charge in [-0.25, -0.2) is 0 Å². The largest absolute Gasteiger partial charge is 0.494 e. The maximum Gasteiger partial charge on any atom is 0.205 e. The molecule has 5 aromatic rings. The van der Waals surface area contributed by atoms with E-state index < -0.39 is 11.2 Å². The minimum atomic E-state index is -0.649. The smallest absolute Gasteiger partial charge is 0.205 e. The van der Waals surface area contributed by atoms with E-state index in [4.69, 9.17) is 4.74 Å². The maximum absolute atomic E-state index is 11.7. The minimum Gasteiger partial charge on any atom is -0.494 e. The van der Waals surface area contributed by atoms with Crippen molar-refractivity contribution < 1.29 is 14.9 Å². The van der Waals surface area contributed by atoms with E-state index in [1.54, 1.807) is 16.7 Å². The lowest BCUT2D eigenvalue weighted by molar-refractivity contribution is -0.0841. The van der Waals surface area contributed by atoms with Crippen molar-refractivity contribution in [2.75, 3.05) is 0 Å². The Morgan fingerprint density at radius 3 is 2.37 bits per heavy atom. The molecule has 0 aliphatic carbocycles. The summed E-state index contributed by atoms with van der Waals surface area (Å²) in [6.07, 6.45) is 4.15. The van der Waals surface area contributed by atoms with E-state index in [1.807, 2.05) is 31.2 Å². The predicted octanol–water partition coefficient (Wildman–Crippen LogP) is 7.32. The number of rotatable bonds is 5. The van der Waals surface area contributed by atoms with Crippen LogP contribution in [-0.2, 0) is 22.4 Å². The maximum atomic E-state index is 11.7. The van der Waals surface area contributed by atoms with Crippen molar-refractivity contribution in [3.05, 3.63) is 101 Å². The Labute approximate surface area is 221 Å². The molecule has 2 aliphatic rings. The second-order valence-corrected chi connectivity index (χ2v) is 10.8. The molecule has 3 heterocycles. The predicted molar refractivity (Wildman–Crippen MR) is 148 cm³/mol. The number of ether oxygens (including phenoxy) is 1. The van der Waals surface area contributed by atoms with Crippen LogP contribution in [0.25, 0.3) is 27.2 Å². The molecule has 188 valence electrons. The Bertz CT molecular complexity index is 1790. The van der Waals surface area contributed by atoms with Gasteiger partial charge in [0, 0.05) is 10.8 Å². The van der Waals surface area contributed by atoms with Crippen molar-refractivity contribution in [3.8, 4) is 23.5 Å². The number of aromatic hydroxyl groups is 2. The second-order valence-electron chi connectivity index (χ2n) is 10.8. The summed E-state index contributed by atoms with van der Waals surface area (Å²) in [7, 11) is 0. The van der Waals surface area contributed by atoms with Crippen molar-refractivity contribution in [2.24, 2.45) is 0 Å². The molecule has 2 aliphatic heterocycles. The molecule has 2 bridgehead atoms. The summed E-state index contributed by atoms with van der Waals surface area (Å²) < 4.78 is 8.22. The highest BCUT2D eigenvalue weighted by Gasteiger charge is 2.61. The topological polar surface area (TPSA) is 78.4 Å². The highest BCUT2D eigenvalue weighted by atomic mass is 16.5. The molecule has 1 saturated heterocycles. The number of nitrogens with zero attached hydrogens (tertiary/aromatic N) is 2. The zero-order chi connectivity index (χ0) is 26.1. The molecule has 2 atom stereocenters. The van der Waals surface area contributed by atoms with E-state index in [2.05, 4.69) is 48.5 Å². The first-order valence-electron chi connectivity index (χ1n) is 13.2. The molecule has 38 heavy (non-hydrogen) atoms. The first kappa shape index (κ1) is 22.9. The van der Waals surface area contributed by atoms with Crippen LogP contribution in [-0.4, -0.2) is 14.8 Å². The third kappa shape index (κ3) is 3.07. The molecule has 0 spiro atoms. The highest BCUT2D eigenvalue weighted by Crippen LogP contribution is 2.66. The van der Waals surface area contributed by atoms with Crippen molar-refractivity contribution >= 4 is 21.5 Å².